The fourth-order valence-corrected chi connectivity index (χ4v) is 2.46. The van der Waals surface area contributed by atoms with Crippen molar-refractivity contribution in [3.05, 3.63) is 30.9 Å². The minimum absolute atomic E-state index is 0.260. The standard InChI is InChI=1S/C11H15N3O4P.C2HF3O2/c1-16-19(15,17-2)8-6-14-5-3-10(9-13-14)11-12-4-7-18-11;3-2(4,5)1(6)7/h3-5,7,9H,6,8H2,1-2H3;(H,6,7)/q+1;/p-1. The molecule has 13 heteroatoms. The first kappa shape index (κ1) is 21.7. The van der Waals surface area contributed by atoms with Crippen LogP contribution in [0.15, 0.2) is 35.3 Å². The Morgan fingerprint density at radius 2 is 2.00 bits per heavy atom. The molecule has 2 heterocycles. The van der Waals surface area contributed by atoms with E-state index in [-0.39, 0.29) is 6.16 Å². The third kappa shape index (κ3) is 6.90. The van der Waals surface area contributed by atoms with Gasteiger partial charge in [0.15, 0.2) is 12.7 Å². The van der Waals surface area contributed by atoms with Crippen molar-refractivity contribution in [2.45, 2.75) is 12.7 Å². The summed E-state index contributed by atoms with van der Waals surface area (Å²) in [5.41, 5.74) is 0.780. The molecule has 0 aliphatic carbocycles. The highest BCUT2D eigenvalue weighted by molar-refractivity contribution is 7.53. The fourth-order valence-electron chi connectivity index (χ4n) is 1.49. The van der Waals surface area contributed by atoms with Gasteiger partial charge in [0.05, 0.1) is 11.8 Å². The normalized spacial score (nSPS) is 11.6. The van der Waals surface area contributed by atoms with Gasteiger partial charge < -0.3 is 23.4 Å². The second kappa shape index (κ2) is 9.41. The Hall–Kier alpha value is -2.30. The highest BCUT2D eigenvalue weighted by Crippen LogP contribution is 2.45. The first-order valence-electron chi connectivity index (χ1n) is 6.85. The first-order valence-corrected chi connectivity index (χ1v) is 8.58. The molecule has 26 heavy (non-hydrogen) atoms. The number of oxazole rings is 1. The monoisotopic (exact) mass is 397 g/mol. The second-order valence-electron chi connectivity index (χ2n) is 4.50. The Kier molecular flexibility index (Phi) is 7.87. The van der Waals surface area contributed by atoms with Gasteiger partial charge in [0.25, 0.3) is 0 Å². The number of aryl methyl sites for hydroxylation is 1. The van der Waals surface area contributed by atoms with Crippen LogP contribution < -0.4 is 9.79 Å². The van der Waals surface area contributed by atoms with E-state index < -0.39 is 19.7 Å². The Morgan fingerprint density at radius 3 is 2.38 bits per heavy atom. The molecule has 0 aliphatic rings. The molecule has 0 fully saturated rings. The molecular formula is C13H15F3N3O6P. The van der Waals surface area contributed by atoms with Crippen molar-refractivity contribution < 1.29 is 45.8 Å². The van der Waals surface area contributed by atoms with Gasteiger partial charge in [-0.15, -0.1) is 0 Å². The van der Waals surface area contributed by atoms with Gasteiger partial charge in [-0.3, -0.25) is 4.57 Å². The van der Waals surface area contributed by atoms with E-state index in [4.69, 9.17) is 23.4 Å². The number of carboxylic acids is 1. The van der Waals surface area contributed by atoms with Crippen molar-refractivity contribution in [3.8, 4) is 11.5 Å². The molecule has 2 aromatic rings. The molecule has 0 amide bonds. The van der Waals surface area contributed by atoms with E-state index in [2.05, 4.69) is 10.1 Å². The van der Waals surface area contributed by atoms with E-state index in [1.165, 1.54) is 20.5 Å². The van der Waals surface area contributed by atoms with Crippen molar-refractivity contribution in [3.63, 3.8) is 0 Å². The largest absolute Gasteiger partial charge is 0.542 e. The number of alkyl halides is 3. The number of aromatic nitrogens is 3. The van der Waals surface area contributed by atoms with Gasteiger partial charge in [-0.05, 0) is 5.10 Å². The summed E-state index contributed by atoms with van der Waals surface area (Å²) in [6.07, 6.45) is 1.54. The van der Waals surface area contributed by atoms with Crippen LogP contribution in [0.5, 0.6) is 0 Å². The average Bonchev–Trinajstić information content (AvgIpc) is 3.14. The van der Waals surface area contributed by atoms with Crippen LogP contribution in [0, 0.1) is 0 Å². The summed E-state index contributed by atoms with van der Waals surface area (Å²) in [6, 6.07) is 1.82. The number of hydrogen-bond acceptors (Lipinski definition) is 8. The van der Waals surface area contributed by atoms with Crippen LogP contribution in [-0.2, 0) is 25.0 Å². The molecule has 2 aromatic heterocycles. The maximum absolute atomic E-state index is 11.9. The summed E-state index contributed by atoms with van der Waals surface area (Å²) >= 11 is 0. The molecule has 0 bridgehead atoms. The van der Waals surface area contributed by atoms with Crippen LogP contribution >= 0.6 is 7.60 Å². The molecule has 0 saturated heterocycles. The lowest BCUT2D eigenvalue weighted by atomic mass is 10.3. The van der Waals surface area contributed by atoms with Crippen LogP contribution in [-0.4, -0.2) is 42.6 Å². The molecule has 0 aromatic carbocycles. The zero-order chi connectivity index (χ0) is 19.8. The second-order valence-corrected chi connectivity index (χ2v) is 6.90. The quantitative estimate of drug-likeness (QED) is 0.519. The minimum Gasteiger partial charge on any atom is -0.542 e. The van der Waals surface area contributed by atoms with Gasteiger partial charge in [0.1, 0.15) is 24.6 Å². The lowest BCUT2D eigenvalue weighted by molar-refractivity contribution is -0.750. The third-order valence-corrected chi connectivity index (χ3v) is 4.70. The zero-order valence-corrected chi connectivity index (χ0v) is 14.6. The van der Waals surface area contributed by atoms with Crippen LogP contribution in [0.3, 0.4) is 0 Å². The minimum atomic E-state index is -5.19. The molecule has 0 radical (unpaired) electrons. The van der Waals surface area contributed by atoms with Gasteiger partial charge in [0, 0.05) is 20.3 Å². The van der Waals surface area contributed by atoms with Crippen LogP contribution in [0.1, 0.15) is 0 Å². The van der Waals surface area contributed by atoms with E-state index in [1.54, 1.807) is 23.3 Å². The molecule has 0 aliphatic heterocycles. The van der Waals surface area contributed by atoms with Gasteiger partial charge in [-0.1, -0.05) is 4.68 Å². The number of carboxylic acid groups (broad SMARTS) is 1. The van der Waals surface area contributed by atoms with E-state index in [0.29, 0.717) is 12.4 Å². The lowest BCUT2D eigenvalue weighted by Gasteiger charge is -2.10. The van der Waals surface area contributed by atoms with Gasteiger partial charge >= 0.3 is 13.8 Å². The summed E-state index contributed by atoms with van der Waals surface area (Å²) in [5, 5.41) is 13.0. The fraction of sp³-hybridized carbons (Fsp3) is 0.385. The zero-order valence-electron chi connectivity index (χ0n) is 13.7. The van der Waals surface area contributed by atoms with Gasteiger partial charge in [-0.25, -0.2) is 4.98 Å². The number of hydrogen-bond donors (Lipinski definition) is 0. The highest BCUT2D eigenvalue weighted by Gasteiger charge is 2.28. The summed E-state index contributed by atoms with van der Waals surface area (Å²) < 4.78 is 59.9. The molecule has 0 spiro atoms. The molecule has 2 rings (SSSR count). The van der Waals surface area contributed by atoms with Crippen molar-refractivity contribution in [2.75, 3.05) is 20.4 Å². The Balaban J connectivity index is 0.000000412. The summed E-state index contributed by atoms with van der Waals surface area (Å²) in [4.78, 5) is 12.8. The first-order chi connectivity index (χ1) is 12.1. The summed E-state index contributed by atoms with van der Waals surface area (Å²) in [5.74, 6) is -2.49. The Labute approximate surface area is 145 Å². The molecular weight excluding hydrogens is 382 g/mol. The van der Waals surface area contributed by atoms with Crippen molar-refractivity contribution in [2.24, 2.45) is 0 Å². The summed E-state index contributed by atoms with van der Waals surface area (Å²) in [7, 11) is -0.260. The van der Waals surface area contributed by atoms with Gasteiger partial charge in [-0.2, -0.15) is 13.2 Å². The SMILES string of the molecule is COP(=O)(CC[n+]1ccc(-c2ncco2)cn1)OC.O=C([O-])C(F)(F)F. The Bertz CT molecular complexity index is 729. The molecule has 144 valence electrons. The number of carbonyl (C=O) groups excluding carboxylic acids is 1. The Morgan fingerprint density at radius 1 is 1.38 bits per heavy atom. The number of halogens is 3. The number of carbonyl (C=O) groups is 1. The number of rotatable bonds is 6. The molecule has 0 N–H and O–H groups in total. The van der Waals surface area contributed by atoms with Crippen molar-refractivity contribution in [1.29, 1.82) is 0 Å². The average molecular weight is 397 g/mol. The molecule has 9 nitrogen and oxygen atoms in total. The highest BCUT2D eigenvalue weighted by atomic mass is 31.2. The van der Waals surface area contributed by atoms with E-state index in [1.807, 2.05) is 6.07 Å². The third-order valence-electron chi connectivity index (χ3n) is 2.84. The van der Waals surface area contributed by atoms with Crippen molar-refractivity contribution >= 4 is 13.6 Å². The smallest absolute Gasteiger partial charge is 0.430 e. The van der Waals surface area contributed by atoms with Crippen LogP contribution in [0.4, 0.5) is 13.2 Å². The van der Waals surface area contributed by atoms with Crippen molar-refractivity contribution in [1.82, 2.24) is 10.1 Å². The van der Waals surface area contributed by atoms with E-state index in [0.717, 1.165) is 5.56 Å². The molecule has 0 saturated carbocycles. The van der Waals surface area contributed by atoms with E-state index >= 15 is 0 Å². The number of nitrogens with zero attached hydrogens (tertiary/aromatic N) is 3. The topological polar surface area (TPSA) is 118 Å². The van der Waals surface area contributed by atoms with Crippen LogP contribution in [0.25, 0.3) is 11.5 Å². The predicted molar refractivity (Wildman–Crippen MR) is 77.5 cm³/mol. The molecule has 0 atom stereocenters. The van der Waals surface area contributed by atoms with Crippen LogP contribution in [0.2, 0.25) is 0 Å². The predicted octanol–water partition coefficient (Wildman–Crippen LogP) is 0.809. The number of aliphatic carboxylic acids is 1. The lowest BCUT2D eigenvalue weighted by Crippen LogP contribution is -2.39. The van der Waals surface area contributed by atoms with E-state index in [9.17, 15) is 17.7 Å². The summed E-state index contributed by atoms with van der Waals surface area (Å²) in [6.45, 7) is 0.435. The maximum Gasteiger partial charge on any atom is 0.430 e. The van der Waals surface area contributed by atoms with Gasteiger partial charge in [0.2, 0.25) is 5.89 Å². The molecule has 0 unspecified atom stereocenters. The maximum atomic E-state index is 11.9.